The van der Waals surface area contributed by atoms with E-state index >= 15 is 0 Å². The molecule has 21 heavy (non-hydrogen) atoms. The number of anilines is 1. The standard InChI is InChI=1S/C15H18N4OS/c1-10-8-13(16)19-15(18-10)21-11(2)14(20)17-9-12-6-4-3-5-7-12/h3-8,11H,9H2,1-2H3,(H,17,20)(H2,16,18,19)/t11-/m0/s1. The number of thioether (sulfide) groups is 1. The molecule has 1 amide bonds. The fourth-order valence-electron chi connectivity index (χ4n) is 1.76. The molecule has 0 aliphatic heterocycles. The Kier molecular flexibility index (Phi) is 5.16. The highest BCUT2D eigenvalue weighted by molar-refractivity contribution is 8.00. The lowest BCUT2D eigenvalue weighted by molar-refractivity contribution is -0.120. The first-order valence-corrected chi connectivity index (χ1v) is 7.52. The molecule has 0 aliphatic carbocycles. The molecule has 0 bridgehead atoms. The van der Waals surface area contributed by atoms with Crippen LogP contribution in [0.5, 0.6) is 0 Å². The quantitative estimate of drug-likeness (QED) is 0.653. The van der Waals surface area contributed by atoms with Crippen molar-refractivity contribution in [3.05, 3.63) is 47.7 Å². The van der Waals surface area contributed by atoms with Gasteiger partial charge in [-0.25, -0.2) is 9.97 Å². The van der Waals surface area contributed by atoms with Crippen LogP contribution in [0.1, 0.15) is 18.2 Å². The maximum absolute atomic E-state index is 12.1. The summed E-state index contributed by atoms with van der Waals surface area (Å²) in [5, 5.41) is 3.14. The molecule has 0 unspecified atom stereocenters. The minimum Gasteiger partial charge on any atom is -0.384 e. The van der Waals surface area contributed by atoms with Crippen molar-refractivity contribution in [1.29, 1.82) is 0 Å². The van der Waals surface area contributed by atoms with E-state index in [1.807, 2.05) is 44.2 Å². The van der Waals surface area contributed by atoms with Gasteiger partial charge in [-0.3, -0.25) is 4.79 Å². The molecule has 1 aromatic heterocycles. The van der Waals surface area contributed by atoms with Crippen molar-refractivity contribution in [2.24, 2.45) is 0 Å². The van der Waals surface area contributed by atoms with Crippen LogP contribution < -0.4 is 11.1 Å². The van der Waals surface area contributed by atoms with E-state index in [9.17, 15) is 4.79 Å². The van der Waals surface area contributed by atoms with Crippen LogP contribution in [0.3, 0.4) is 0 Å². The summed E-state index contributed by atoms with van der Waals surface area (Å²) in [6, 6.07) is 11.5. The Labute approximate surface area is 128 Å². The number of benzene rings is 1. The second kappa shape index (κ2) is 7.08. The summed E-state index contributed by atoms with van der Waals surface area (Å²) < 4.78 is 0. The number of rotatable bonds is 5. The molecule has 0 saturated carbocycles. The zero-order chi connectivity index (χ0) is 15.2. The molecule has 0 spiro atoms. The second-order valence-electron chi connectivity index (χ2n) is 4.68. The smallest absolute Gasteiger partial charge is 0.233 e. The Morgan fingerprint density at radius 1 is 1.33 bits per heavy atom. The van der Waals surface area contributed by atoms with Gasteiger partial charge in [0.15, 0.2) is 5.16 Å². The molecule has 2 aromatic rings. The Balaban J connectivity index is 1.90. The van der Waals surface area contributed by atoms with E-state index in [0.717, 1.165) is 11.3 Å². The molecule has 5 nitrogen and oxygen atoms in total. The molecular weight excluding hydrogens is 284 g/mol. The van der Waals surface area contributed by atoms with Gasteiger partial charge in [0.2, 0.25) is 5.91 Å². The van der Waals surface area contributed by atoms with E-state index < -0.39 is 0 Å². The molecule has 110 valence electrons. The first-order valence-electron chi connectivity index (χ1n) is 6.64. The summed E-state index contributed by atoms with van der Waals surface area (Å²) >= 11 is 1.30. The van der Waals surface area contributed by atoms with E-state index in [1.165, 1.54) is 11.8 Å². The van der Waals surface area contributed by atoms with Crippen LogP contribution in [-0.4, -0.2) is 21.1 Å². The van der Waals surface area contributed by atoms with E-state index in [1.54, 1.807) is 6.07 Å². The highest BCUT2D eigenvalue weighted by atomic mass is 32.2. The predicted octanol–water partition coefficient (Wildman–Crippen LogP) is 2.16. The summed E-state index contributed by atoms with van der Waals surface area (Å²) in [5.74, 6) is 0.370. The summed E-state index contributed by atoms with van der Waals surface area (Å²) in [6.45, 7) is 4.19. The first kappa shape index (κ1) is 15.3. The SMILES string of the molecule is Cc1cc(N)nc(S[C@@H](C)C(=O)NCc2ccccc2)n1. The van der Waals surface area contributed by atoms with Crippen molar-refractivity contribution in [3.63, 3.8) is 0 Å². The van der Waals surface area contributed by atoms with Gasteiger partial charge in [-0.2, -0.15) is 0 Å². The minimum absolute atomic E-state index is 0.0486. The summed E-state index contributed by atoms with van der Waals surface area (Å²) in [5.41, 5.74) is 7.54. The molecule has 0 radical (unpaired) electrons. The van der Waals surface area contributed by atoms with Crippen LogP contribution in [0.2, 0.25) is 0 Å². The normalized spacial score (nSPS) is 11.9. The van der Waals surface area contributed by atoms with Gasteiger partial charge in [0.25, 0.3) is 0 Å². The minimum atomic E-state index is -0.282. The maximum Gasteiger partial charge on any atom is 0.233 e. The van der Waals surface area contributed by atoms with Crippen LogP contribution >= 0.6 is 11.8 Å². The van der Waals surface area contributed by atoms with Gasteiger partial charge in [0.1, 0.15) is 5.82 Å². The van der Waals surface area contributed by atoms with Crippen LogP contribution in [-0.2, 0) is 11.3 Å². The topological polar surface area (TPSA) is 80.9 Å². The van der Waals surface area contributed by atoms with E-state index in [0.29, 0.717) is 17.5 Å². The molecule has 1 atom stereocenters. The number of aromatic nitrogens is 2. The third-order valence-corrected chi connectivity index (χ3v) is 3.78. The Bertz CT molecular complexity index is 598. The van der Waals surface area contributed by atoms with E-state index in [2.05, 4.69) is 15.3 Å². The molecule has 1 heterocycles. The first-order chi connectivity index (χ1) is 10.0. The van der Waals surface area contributed by atoms with Crippen molar-refractivity contribution in [1.82, 2.24) is 15.3 Å². The predicted molar refractivity (Wildman–Crippen MR) is 84.8 cm³/mol. The van der Waals surface area contributed by atoms with Crippen molar-refractivity contribution in [2.45, 2.75) is 30.8 Å². The second-order valence-corrected chi connectivity index (χ2v) is 5.99. The summed E-state index contributed by atoms with van der Waals surface area (Å²) in [6.07, 6.45) is 0. The molecular formula is C15H18N4OS. The van der Waals surface area contributed by atoms with Gasteiger partial charge < -0.3 is 11.1 Å². The third kappa shape index (κ3) is 4.75. The van der Waals surface area contributed by atoms with Gasteiger partial charge in [-0.15, -0.1) is 0 Å². The zero-order valence-corrected chi connectivity index (χ0v) is 12.9. The zero-order valence-electron chi connectivity index (χ0n) is 12.0. The van der Waals surface area contributed by atoms with Gasteiger partial charge in [-0.1, -0.05) is 42.1 Å². The Morgan fingerprint density at radius 2 is 2.05 bits per heavy atom. The number of nitrogens with zero attached hydrogens (tertiary/aromatic N) is 2. The molecule has 3 N–H and O–H groups in total. The van der Waals surface area contributed by atoms with Gasteiger partial charge in [0.05, 0.1) is 5.25 Å². The fourth-order valence-corrected chi connectivity index (χ4v) is 2.62. The number of nitrogen functional groups attached to an aromatic ring is 1. The number of aryl methyl sites for hydroxylation is 1. The number of carbonyl (C=O) groups excluding carboxylic acids is 1. The maximum atomic E-state index is 12.1. The van der Waals surface area contributed by atoms with Gasteiger partial charge in [0, 0.05) is 18.3 Å². The van der Waals surface area contributed by atoms with Crippen LogP contribution in [0.25, 0.3) is 0 Å². The van der Waals surface area contributed by atoms with E-state index in [-0.39, 0.29) is 11.2 Å². The number of hydrogen-bond acceptors (Lipinski definition) is 5. The van der Waals surface area contributed by atoms with Crippen LogP contribution in [0.4, 0.5) is 5.82 Å². The molecule has 6 heteroatoms. The van der Waals surface area contributed by atoms with Gasteiger partial charge in [-0.05, 0) is 19.4 Å². The number of nitrogens with two attached hydrogens (primary N) is 1. The fraction of sp³-hybridized carbons (Fsp3) is 0.267. The average molecular weight is 302 g/mol. The summed E-state index contributed by atoms with van der Waals surface area (Å²) in [7, 11) is 0. The van der Waals surface area contributed by atoms with Crippen LogP contribution in [0.15, 0.2) is 41.6 Å². The van der Waals surface area contributed by atoms with Crippen molar-refractivity contribution < 1.29 is 4.79 Å². The molecule has 0 fully saturated rings. The average Bonchev–Trinajstić information content (AvgIpc) is 2.44. The van der Waals surface area contributed by atoms with Gasteiger partial charge >= 0.3 is 0 Å². The van der Waals surface area contributed by atoms with Crippen molar-refractivity contribution >= 4 is 23.5 Å². The molecule has 0 aliphatic rings. The highest BCUT2D eigenvalue weighted by Gasteiger charge is 2.16. The van der Waals surface area contributed by atoms with Crippen molar-refractivity contribution in [2.75, 3.05) is 5.73 Å². The number of nitrogens with one attached hydrogen (secondary N) is 1. The van der Waals surface area contributed by atoms with Crippen molar-refractivity contribution in [3.8, 4) is 0 Å². The Morgan fingerprint density at radius 3 is 2.71 bits per heavy atom. The highest BCUT2D eigenvalue weighted by Crippen LogP contribution is 2.20. The number of amides is 1. The monoisotopic (exact) mass is 302 g/mol. The number of carbonyl (C=O) groups is 1. The summed E-state index contributed by atoms with van der Waals surface area (Å²) in [4.78, 5) is 20.5. The number of hydrogen-bond donors (Lipinski definition) is 2. The lowest BCUT2D eigenvalue weighted by Gasteiger charge is -2.11. The van der Waals surface area contributed by atoms with Crippen LogP contribution in [0, 0.1) is 6.92 Å². The molecule has 0 saturated heterocycles. The largest absolute Gasteiger partial charge is 0.384 e. The molecule has 1 aromatic carbocycles. The molecule has 2 rings (SSSR count). The Hall–Kier alpha value is -2.08. The third-order valence-electron chi connectivity index (χ3n) is 2.81. The lowest BCUT2D eigenvalue weighted by Crippen LogP contribution is -2.30. The van der Waals surface area contributed by atoms with E-state index in [4.69, 9.17) is 5.73 Å². The lowest BCUT2D eigenvalue weighted by atomic mass is 10.2.